The first-order chi connectivity index (χ1) is 9.25. The van der Waals surface area contributed by atoms with E-state index in [1.807, 2.05) is 43.6 Å². The van der Waals surface area contributed by atoms with E-state index in [2.05, 4.69) is 22.2 Å². The van der Waals surface area contributed by atoms with Crippen LogP contribution in [-0.2, 0) is 7.05 Å². The number of aromatic nitrogens is 3. The zero-order valence-electron chi connectivity index (χ0n) is 10.6. The van der Waals surface area contributed by atoms with Crippen LogP contribution in [-0.4, -0.2) is 14.8 Å². The van der Waals surface area contributed by atoms with Crippen LogP contribution in [0.25, 0.3) is 22.4 Å². The van der Waals surface area contributed by atoms with Gasteiger partial charge in [0.15, 0.2) is 0 Å². The highest BCUT2D eigenvalue weighted by atomic mass is 15.3. The molecule has 2 N–H and O–H groups in total. The summed E-state index contributed by atoms with van der Waals surface area (Å²) < 4.78 is 1.64. The Morgan fingerprint density at radius 1 is 0.947 bits per heavy atom. The van der Waals surface area contributed by atoms with Crippen LogP contribution in [0.4, 0.5) is 5.82 Å². The van der Waals surface area contributed by atoms with Gasteiger partial charge in [-0.2, -0.15) is 5.10 Å². The quantitative estimate of drug-likeness (QED) is 0.760. The monoisotopic (exact) mass is 250 g/mol. The molecule has 0 aliphatic rings. The van der Waals surface area contributed by atoms with Crippen molar-refractivity contribution in [1.82, 2.24) is 14.8 Å². The molecule has 3 rings (SSSR count). The molecule has 3 aromatic rings. The Morgan fingerprint density at radius 2 is 1.74 bits per heavy atom. The molecule has 0 atom stereocenters. The van der Waals surface area contributed by atoms with Gasteiger partial charge in [0.05, 0.1) is 17.5 Å². The number of pyridine rings is 1. The smallest absolute Gasteiger partial charge is 0.130 e. The van der Waals surface area contributed by atoms with Crippen LogP contribution >= 0.6 is 0 Å². The highest BCUT2D eigenvalue weighted by Gasteiger charge is 2.08. The Morgan fingerprint density at radius 3 is 2.32 bits per heavy atom. The van der Waals surface area contributed by atoms with E-state index in [0.717, 1.165) is 22.4 Å². The predicted octanol–water partition coefficient (Wildman–Crippen LogP) is 2.73. The van der Waals surface area contributed by atoms with Crippen LogP contribution in [0, 0.1) is 0 Å². The van der Waals surface area contributed by atoms with Gasteiger partial charge in [-0.3, -0.25) is 9.67 Å². The third-order valence-electron chi connectivity index (χ3n) is 3.13. The van der Waals surface area contributed by atoms with E-state index < -0.39 is 0 Å². The van der Waals surface area contributed by atoms with Gasteiger partial charge in [-0.1, -0.05) is 36.4 Å². The second-order valence-electron chi connectivity index (χ2n) is 4.37. The molecule has 2 heterocycles. The van der Waals surface area contributed by atoms with E-state index >= 15 is 0 Å². The predicted molar refractivity (Wildman–Crippen MR) is 76.3 cm³/mol. The Labute approximate surface area is 111 Å². The fourth-order valence-electron chi connectivity index (χ4n) is 2.00. The van der Waals surface area contributed by atoms with Gasteiger partial charge >= 0.3 is 0 Å². The normalized spacial score (nSPS) is 10.6. The van der Waals surface area contributed by atoms with Crippen molar-refractivity contribution in [2.75, 3.05) is 5.73 Å². The number of hydrogen-bond donors (Lipinski definition) is 1. The summed E-state index contributed by atoms with van der Waals surface area (Å²) in [5, 5.41) is 4.12. The minimum Gasteiger partial charge on any atom is -0.383 e. The Hall–Kier alpha value is -2.62. The van der Waals surface area contributed by atoms with Gasteiger partial charge in [0.2, 0.25) is 0 Å². The van der Waals surface area contributed by atoms with Crippen LogP contribution in [0.2, 0.25) is 0 Å². The highest BCUT2D eigenvalue weighted by Crippen LogP contribution is 2.25. The minimum atomic E-state index is 0.625. The molecule has 0 aliphatic carbocycles. The third-order valence-corrected chi connectivity index (χ3v) is 3.13. The molecule has 0 saturated heterocycles. The molecule has 0 bridgehead atoms. The van der Waals surface area contributed by atoms with Crippen molar-refractivity contribution in [2.45, 2.75) is 0 Å². The van der Waals surface area contributed by atoms with Gasteiger partial charge in [0.1, 0.15) is 5.82 Å². The summed E-state index contributed by atoms with van der Waals surface area (Å²) in [7, 11) is 1.82. The molecule has 1 aromatic carbocycles. The summed E-state index contributed by atoms with van der Waals surface area (Å²) in [5.41, 5.74) is 9.89. The first kappa shape index (κ1) is 11.5. The lowest BCUT2D eigenvalue weighted by atomic mass is 10.1. The van der Waals surface area contributed by atoms with E-state index in [4.69, 9.17) is 5.73 Å². The van der Waals surface area contributed by atoms with Crippen molar-refractivity contribution in [1.29, 1.82) is 0 Å². The summed E-state index contributed by atoms with van der Waals surface area (Å²) in [6.45, 7) is 0. The summed E-state index contributed by atoms with van der Waals surface area (Å²) in [6.07, 6.45) is 3.59. The molecule has 19 heavy (non-hydrogen) atoms. The van der Waals surface area contributed by atoms with E-state index in [-0.39, 0.29) is 0 Å². The number of hydrogen-bond acceptors (Lipinski definition) is 3. The van der Waals surface area contributed by atoms with Crippen LogP contribution in [0.3, 0.4) is 0 Å². The van der Waals surface area contributed by atoms with Gasteiger partial charge in [0, 0.05) is 18.8 Å². The average Bonchev–Trinajstić information content (AvgIpc) is 2.80. The van der Waals surface area contributed by atoms with Gasteiger partial charge in [-0.05, 0) is 11.6 Å². The van der Waals surface area contributed by atoms with Gasteiger partial charge in [-0.25, -0.2) is 0 Å². The summed E-state index contributed by atoms with van der Waals surface area (Å²) in [5.74, 6) is 0.625. The molecule has 0 saturated carbocycles. The van der Waals surface area contributed by atoms with Crippen LogP contribution in [0.1, 0.15) is 0 Å². The average molecular weight is 250 g/mol. The molecule has 4 nitrogen and oxygen atoms in total. The number of nitrogens with two attached hydrogens (primary N) is 1. The fourth-order valence-corrected chi connectivity index (χ4v) is 2.00. The lowest BCUT2D eigenvalue weighted by molar-refractivity contribution is 0.779. The van der Waals surface area contributed by atoms with E-state index in [9.17, 15) is 0 Å². The maximum absolute atomic E-state index is 5.94. The zero-order valence-corrected chi connectivity index (χ0v) is 10.6. The lowest BCUT2D eigenvalue weighted by Crippen LogP contribution is -1.98. The van der Waals surface area contributed by atoms with Crippen molar-refractivity contribution >= 4 is 5.82 Å². The summed E-state index contributed by atoms with van der Waals surface area (Å²) >= 11 is 0. The van der Waals surface area contributed by atoms with Gasteiger partial charge < -0.3 is 5.73 Å². The molecular weight excluding hydrogens is 236 g/mol. The van der Waals surface area contributed by atoms with E-state index in [0.29, 0.717) is 5.82 Å². The Bertz CT molecular complexity index is 684. The fraction of sp³-hybridized carbons (Fsp3) is 0.0667. The van der Waals surface area contributed by atoms with Crippen molar-refractivity contribution in [3.05, 3.63) is 54.9 Å². The molecule has 0 amide bonds. The molecule has 0 radical (unpaired) electrons. The third kappa shape index (κ3) is 2.08. The van der Waals surface area contributed by atoms with Crippen LogP contribution in [0.15, 0.2) is 54.9 Å². The van der Waals surface area contributed by atoms with Gasteiger partial charge in [0.25, 0.3) is 0 Å². The number of nitrogens with zero attached hydrogens (tertiary/aromatic N) is 3. The van der Waals surface area contributed by atoms with Crippen molar-refractivity contribution < 1.29 is 0 Å². The van der Waals surface area contributed by atoms with Crippen molar-refractivity contribution in [3.8, 4) is 22.4 Å². The SMILES string of the molecule is Cn1ncc(-c2ccc(-c3ccccc3)cn2)c1N. The first-order valence-corrected chi connectivity index (χ1v) is 6.05. The largest absolute Gasteiger partial charge is 0.383 e. The second kappa shape index (κ2) is 4.57. The summed E-state index contributed by atoms with van der Waals surface area (Å²) in [6, 6.07) is 14.2. The van der Waals surface area contributed by atoms with E-state index in [1.165, 1.54) is 0 Å². The molecule has 94 valence electrons. The molecule has 0 unspecified atom stereocenters. The highest BCUT2D eigenvalue weighted by molar-refractivity contribution is 5.72. The first-order valence-electron chi connectivity index (χ1n) is 6.05. The molecule has 0 aliphatic heterocycles. The zero-order chi connectivity index (χ0) is 13.2. The minimum absolute atomic E-state index is 0.625. The lowest BCUT2D eigenvalue weighted by Gasteiger charge is -2.03. The number of aryl methyl sites for hydroxylation is 1. The summed E-state index contributed by atoms with van der Waals surface area (Å²) in [4.78, 5) is 4.47. The van der Waals surface area contributed by atoms with Crippen molar-refractivity contribution in [2.24, 2.45) is 7.05 Å². The standard InChI is InChI=1S/C15H14N4/c1-19-15(16)13(10-18-19)14-8-7-12(9-17-14)11-5-3-2-4-6-11/h2-10H,16H2,1H3. The van der Waals surface area contributed by atoms with Gasteiger partial charge in [-0.15, -0.1) is 0 Å². The Balaban J connectivity index is 1.98. The maximum atomic E-state index is 5.94. The molecule has 4 heteroatoms. The van der Waals surface area contributed by atoms with Crippen LogP contribution in [0.5, 0.6) is 0 Å². The molecular formula is C15H14N4. The van der Waals surface area contributed by atoms with Crippen LogP contribution < -0.4 is 5.73 Å². The topological polar surface area (TPSA) is 56.7 Å². The van der Waals surface area contributed by atoms with Crippen molar-refractivity contribution in [3.63, 3.8) is 0 Å². The molecule has 0 fully saturated rings. The molecule has 0 spiro atoms. The number of nitrogen functional groups attached to an aromatic ring is 1. The molecule has 2 aromatic heterocycles. The number of rotatable bonds is 2. The number of benzene rings is 1. The Kier molecular flexibility index (Phi) is 2.76. The number of anilines is 1. The maximum Gasteiger partial charge on any atom is 0.130 e. The van der Waals surface area contributed by atoms with E-state index in [1.54, 1.807) is 10.9 Å². The second-order valence-corrected chi connectivity index (χ2v) is 4.37.